The Morgan fingerprint density at radius 2 is 1.74 bits per heavy atom. The van der Waals surface area contributed by atoms with Crippen LogP contribution in [0.25, 0.3) is 0 Å². The van der Waals surface area contributed by atoms with Gasteiger partial charge in [-0.1, -0.05) is 6.92 Å². The molecule has 2 N–H and O–H groups in total. The smallest absolute Gasteiger partial charge is 0.251 e. The van der Waals surface area contributed by atoms with Gasteiger partial charge in [0.25, 0.3) is 5.91 Å². The van der Waals surface area contributed by atoms with Crippen LogP contribution in [-0.2, 0) is 0 Å². The first kappa shape index (κ1) is 14.0. The molecule has 1 saturated carbocycles. The van der Waals surface area contributed by atoms with Crippen molar-refractivity contribution in [2.75, 3.05) is 6.54 Å². The van der Waals surface area contributed by atoms with E-state index in [1.165, 1.54) is 24.3 Å². The third kappa shape index (κ3) is 4.03. The van der Waals surface area contributed by atoms with E-state index >= 15 is 0 Å². The fourth-order valence-corrected chi connectivity index (χ4v) is 2.60. The molecule has 1 fully saturated rings. The van der Waals surface area contributed by atoms with Crippen molar-refractivity contribution in [2.24, 2.45) is 0 Å². The van der Waals surface area contributed by atoms with Crippen LogP contribution in [0.1, 0.15) is 43.0 Å². The molecule has 1 aliphatic rings. The Bertz CT molecular complexity index is 411. The molecule has 0 spiro atoms. The number of amides is 1. The average molecular weight is 264 g/mol. The molecule has 19 heavy (non-hydrogen) atoms. The van der Waals surface area contributed by atoms with Gasteiger partial charge >= 0.3 is 0 Å². The first-order chi connectivity index (χ1) is 9.19. The van der Waals surface area contributed by atoms with Crippen LogP contribution in [0.5, 0.6) is 0 Å². The van der Waals surface area contributed by atoms with Crippen LogP contribution in [0.4, 0.5) is 4.39 Å². The number of rotatable bonds is 4. The van der Waals surface area contributed by atoms with E-state index in [2.05, 4.69) is 17.6 Å². The Balaban J connectivity index is 1.82. The minimum absolute atomic E-state index is 0.105. The van der Waals surface area contributed by atoms with E-state index < -0.39 is 0 Å². The van der Waals surface area contributed by atoms with Gasteiger partial charge in [0.15, 0.2) is 0 Å². The van der Waals surface area contributed by atoms with Crippen molar-refractivity contribution < 1.29 is 9.18 Å². The van der Waals surface area contributed by atoms with Gasteiger partial charge in [0.1, 0.15) is 5.82 Å². The first-order valence-electron chi connectivity index (χ1n) is 6.99. The van der Waals surface area contributed by atoms with Gasteiger partial charge in [-0.2, -0.15) is 0 Å². The van der Waals surface area contributed by atoms with Crippen LogP contribution >= 0.6 is 0 Å². The van der Waals surface area contributed by atoms with Crippen molar-refractivity contribution in [3.8, 4) is 0 Å². The lowest BCUT2D eigenvalue weighted by molar-refractivity contribution is 0.0924. The van der Waals surface area contributed by atoms with Gasteiger partial charge in [-0.15, -0.1) is 0 Å². The Labute approximate surface area is 113 Å². The monoisotopic (exact) mass is 264 g/mol. The predicted octanol–water partition coefficient (Wildman–Crippen LogP) is 2.48. The molecule has 1 aliphatic carbocycles. The summed E-state index contributed by atoms with van der Waals surface area (Å²) in [6, 6.07) is 6.51. The van der Waals surface area contributed by atoms with Crippen molar-refractivity contribution in [2.45, 2.75) is 44.7 Å². The number of carbonyl (C=O) groups excluding carboxylic acids is 1. The number of carbonyl (C=O) groups is 1. The van der Waals surface area contributed by atoms with Gasteiger partial charge in [-0.25, -0.2) is 4.39 Å². The van der Waals surface area contributed by atoms with E-state index in [1.54, 1.807) is 0 Å². The second-order valence-corrected chi connectivity index (χ2v) is 5.09. The normalized spacial score (nSPS) is 23.1. The van der Waals surface area contributed by atoms with Crippen LogP contribution in [0, 0.1) is 5.82 Å². The third-order valence-electron chi connectivity index (χ3n) is 3.66. The van der Waals surface area contributed by atoms with Crippen molar-refractivity contribution in [3.63, 3.8) is 0 Å². The van der Waals surface area contributed by atoms with Crippen LogP contribution in [-0.4, -0.2) is 24.5 Å². The zero-order valence-corrected chi connectivity index (χ0v) is 11.3. The zero-order valence-electron chi connectivity index (χ0n) is 11.3. The topological polar surface area (TPSA) is 41.1 Å². The van der Waals surface area contributed by atoms with E-state index in [0.29, 0.717) is 11.6 Å². The molecule has 1 amide bonds. The Kier molecular flexibility index (Phi) is 4.91. The van der Waals surface area contributed by atoms with Gasteiger partial charge in [0.05, 0.1) is 0 Å². The molecule has 1 aromatic rings. The van der Waals surface area contributed by atoms with E-state index in [1.807, 2.05) is 0 Å². The van der Waals surface area contributed by atoms with Crippen molar-refractivity contribution in [3.05, 3.63) is 35.6 Å². The second kappa shape index (κ2) is 6.66. The van der Waals surface area contributed by atoms with Crippen LogP contribution < -0.4 is 10.6 Å². The maximum atomic E-state index is 12.8. The highest BCUT2D eigenvalue weighted by atomic mass is 19.1. The Hall–Kier alpha value is -1.42. The maximum Gasteiger partial charge on any atom is 0.251 e. The molecule has 0 saturated heterocycles. The lowest BCUT2D eigenvalue weighted by atomic mass is 9.91. The maximum absolute atomic E-state index is 12.8. The number of halogens is 1. The molecule has 104 valence electrons. The Morgan fingerprint density at radius 3 is 2.32 bits per heavy atom. The molecule has 3 nitrogen and oxygen atoms in total. The minimum Gasteiger partial charge on any atom is -0.349 e. The van der Waals surface area contributed by atoms with E-state index in [9.17, 15) is 9.18 Å². The molecule has 0 atom stereocenters. The molecule has 2 rings (SSSR count). The zero-order chi connectivity index (χ0) is 13.7. The standard InChI is InChI=1S/C15H21FN2O/c1-2-17-13-7-9-14(10-8-13)18-15(19)11-3-5-12(16)6-4-11/h3-6,13-14,17H,2,7-10H2,1H3,(H,18,19). The van der Waals surface area contributed by atoms with Gasteiger partial charge in [0.2, 0.25) is 0 Å². The van der Waals surface area contributed by atoms with Crippen molar-refractivity contribution in [1.82, 2.24) is 10.6 Å². The highest BCUT2D eigenvalue weighted by Crippen LogP contribution is 2.19. The van der Waals surface area contributed by atoms with E-state index in [0.717, 1.165) is 32.2 Å². The summed E-state index contributed by atoms with van der Waals surface area (Å²) >= 11 is 0. The molecule has 4 heteroatoms. The van der Waals surface area contributed by atoms with E-state index in [-0.39, 0.29) is 17.8 Å². The highest BCUT2D eigenvalue weighted by Gasteiger charge is 2.21. The summed E-state index contributed by atoms with van der Waals surface area (Å²) in [5.74, 6) is -0.422. The van der Waals surface area contributed by atoms with E-state index in [4.69, 9.17) is 0 Å². The number of hydrogen-bond donors (Lipinski definition) is 2. The Morgan fingerprint density at radius 1 is 1.16 bits per heavy atom. The SMILES string of the molecule is CCNC1CCC(NC(=O)c2ccc(F)cc2)CC1. The molecule has 0 bridgehead atoms. The van der Waals surface area contributed by atoms with Gasteiger partial charge in [-0.3, -0.25) is 4.79 Å². The van der Waals surface area contributed by atoms with Crippen LogP contribution in [0.15, 0.2) is 24.3 Å². The van der Waals surface area contributed by atoms with Crippen molar-refractivity contribution >= 4 is 5.91 Å². The fraction of sp³-hybridized carbons (Fsp3) is 0.533. The summed E-state index contributed by atoms with van der Waals surface area (Å²) in [6.45, 7) is 3.11. The van der Waals surface area contributed by atoms with Crippen LogP contribution in [0.2, 0.25) is 0 Å². The number of hydrogen-bond acceptors (Lipinski definition) is 2. The molecular formula is C15H21FN2O. The average Bonchev–Trinajstić information content (AvgIpc) is 2.42. The van der Waals surface area contributed by atoms with Gasteiger partial charge < -0.3 is 10.6 Å². The minimum atomic E-state index is -0.317. The third-order valence-corrected chi connectivity index (χ3v) is 3.66. The molecule has 1 aromatic carbocycles. The quantitative estimate of drug-likeness (QED) is 0.877. The van der Waals surface area contributed by atoms with Crippen molar-refractivity contribution in [1.29, 1.82) is 0 Å². The summed E-state index contributed by atoms with van der Waals surface area (Å²) in [4.78, 5) is 12.0. The molecule has 0 unspecified atom stereocenters. The summed E-state index contributed by atoms with van der Waals surface area (Å²) in [6.07, 6.45) is 4.21. The fourth-order valence-electron chi connectivity index (χ4n) is 2.60. The summed E-state index contributed by atoms with van der Waals surface area (Å²) in [5, 5.41) is 6.47. The molecule has 0 radical (unpaired) electrons. The second-order valence-electron chi connectivity index (χ2n) is 5.09. The predicted molar refractivity (Wildman–Crippen MR) is 73.6 cm³/mol. The molecule has 0 aliphatic heterocycles. The molecule has 0 heterocycles. The lowest BCUT2D eigenvalue weighted by Crippen LogP contribution is -2.42. The lowest BCUT2D eigenvalue weighted by Gasteiger charge is -2.29. The number of benzene rings is 1. The first-order valence-corrected chi connectivity index (χ1v) is 6.99. The summed E-state index contributed by atoms with van der Waals surface area (Å²) in [7, 11) is 0. The largest absolute Gasteiger partial charge is 0.349 e. The van der Waals surface area contributed by atoms with Gasteiger partial charge in [0, 0.05) is 17.6 Å². The number of nitrogens with one attached hydrogen (secondary N) is 2. The van der Waals surface area contributed by atoms with Gasteiger partial charge in [-0.05, 0) is 56.5 Å². The summed E-state index contributed by atoms with van der Waals surface area (Å²) < 4.78 is 12.8. The van der Waals surface area contributed by atoms with Crippen LogP contribution in [0.3, 0.4) is 0 Å². The highest BCUT2D eigenvalue weighted by molar-refractivity contribution is 5.94. The molecule has 0 aromatic heterocycles. The molecular weight excluding hydrogens is 243 g/mol. The summed E-state index contributed by atoms with van der Waals surface area (Å²) in [5.41, 5.74) is 0.523.